The lowest BCUT2D eigenvalue weighted by Crippen LogP contribution is -1.77. The van der Waals surface area contributed by atoms with Crippen LogP contribution in [-0.4, -0.2) is 4.98 Å². The molecule has 0 aliphatic carbocycles. The van der Waals surface area contributed by atoms with E-state index in [0.717, 1.165) is 15.2 Å². The average molecular weight is 249 g/mol. The van der Waals surface area contributed by atoms with E-state index >= 15 is 0 Å². The molecule has 0 saturated carbocycles. The van der Waals surface area contributed by atoms with Gasteiger partial charge in [0.2, 0.25) is 0 Å². The summed E-state index contributed by atoms with van der Waals surface area (Å²) >= 11 is 3.41. The predicted octanol–water partition coefficient (Wildman–Crippen LogP) is 3.94. The molecule has 0 saturated heterocycles. The molecule has 5 heteroatoms. The van der Waals surface area contributed by atoms with Gasteiger partial charge in [-0.3, -0.25) is 4.98 Å². The zero-order valence-electron chi connectivity index (χ0n) is 7.05. The minimum Gasteiger partial charge on any atom is -0.264 e. The molecule has 0 atom stereocenters. The van der Waals surface area contributed by atoms with Crippen LogP contribution in [0.2, 0.25) is 0 Å². The standard InChI is InChI=1S/C9H5BrN4/c10-8-1-2-9(13-14-11)6-3-4-12-5-7(6)8/h1-5H. The van der Waals surface area contributed by atoms with Gasteiger partial charge in [-0.15, -0.1) is 0 Å². The van der Waals surface area contributed by atoms with Crippen molar-refractivity contribution in [3.8, 4) is 0 Å². The summed E-state index contributed by atoms with van der Waals surface area (Å²) in [6, 6.07) is 5.43. The number of halogens is 1. The van der Waals surface area contributed by atoms with Gasteiger partial charge >= 0.3 is 0 Å². The molecule has 0 radical (unpaired) electrons. The van der Waals surface area contributed by atoms with Gasteiger partial charge in [-0.2, -0.15) is 0 Å². The Morgan fingerprint density at radius 2 is 2.14 bits per heavy atom. The van der Waals surface area contributed by atoms with Crippen LogP contribution in [0.5, 0.6) is 0 Å². The first-order valence-corrected chi connectivity index (χ1v) is 4.69. The Hall–Kier alpha value is -1.58. The third-order valence-electron chi connectivity index (χ3n) is 1.89. The summed E-state index contributed by atoms with van der Waals surface area (Å²) in [6.07, 6.45) is 3.40. The molecule has 0 spiro atoms. The molecule has 2 rings (SSSR count). The second kappa shape index (κ2) is 3.65. The van der Waals surface area contributed by atoms with Gasteiger partial charge in [0.15, 0.2) is 0 Å². The number of hydrogen-bond acceptors (Lipinski definition) is 2. The summed E-state index contributed by atoms with van der Waals surface area (Å²) in [6.45, 7) is 0. The topological polar surface area (TPSA) is 61.7 Å². The summed E-state index contributed by atoms with van der Waals surface area (Å²) in [4.78, 5) is 6.79. The van der Waals surface area contributed by atoms with E-state index in [0.29, 0.717) is 5.69 Å². The van der Waals surface area contributed by atoms with E-state index in [4.69, 9.17) is 5.53 Å². The van der Waals surface area contributed by atoms with Crippen LogP contribution in [0.4, 0.5) is 5.69 Å². The van der Waals surface area contributed by atoms with E-state index in [1.54, 1.807) is 18.5 Å². The summed E-state index contributed by atoms with van der Waals surface area (Å²) in [5.41, 5.74) is 9.00. The molecule has 14 heavy (non-hydrogen) atoms. The van der Waals surface area contributed by atoms with Gasteiger partial charge in [-0.05, 0) is 23.1 Å². The molecule has 0 aliphatic rings. The Bertz CT molecular complexity index is 531. The van der Waals surface area contributed by atoms with E-state index in [1.165, 1.54) is 0 Å². The Labute approximate surface area is 88.3 Å². The number of azide groups is 1. The lowest BCUT2D eigenvalue weighted by atomic mass is 10.1. The highest BCUT2D eigenvalue weighted by Gasteiger charge is 2.01. The SMILES string of the molecule is [N-]=[N+]=Nc1ccc(Br)c2cnccc12. The molecule has 0 bridgehead atoms. The minimum absolute atomic E-state index is 0.619. The second-order valence-electron chi connectivity index (χ2n) is 2.68. The largest absolute Gasteiger partial charge is 0.264 e. The van der Waals surface area contributed by atoms with Crippen molar-refractivity contribution < 1.29 is 0 Å². The van der Waals surface area contributed by atoms with Crippen molar-refractivity contribution in [2.45, 2.75) is 0 Å². The number of fused-ring (bicyclic) bond motifs is 1. The predicted molar refractivity (Wildman–Crippen MR) is 58.2 cm³/mol. The van der Waals surface area contributed by atoms with Crippen molar-refractivity contribution in [3.05, 3.63) is 45.5 Å². The number of benzene rings is 1. The fourth-order valence-corrected chi connectivity index (χ4v) is 1.72. The Kier molecular flexibility index (Phi) is 2.35. The van der Waals surface area contributed by atoms with E-state index in [-0.39, 0.29) is 0 Å². The van der Waals surface area contributed by atoms with Crippen LogP contribution in [0.3, 0.4) is 0 Å². The quantitative estimate of drug-likeness (QED) is 0.429. The third kappa shape index (κ3) is 1.43. The van der Waals surface area contributed by atoms with E-state index in [1.807, 2.05) is 12.1 Å². The zero-order valence-corrected chi connectivity index (χ0v) is 8.64. The van der Waals surface area contributed by atoms with E-state index in [9.17, 15) is 0 Å². The highest BCUT2D eigenvalue weighted by Crippen LogP contribution is 2.30. The van der Waals surface area contributed by atoms with Gasteiger partial charge in [0.05, 0.1) is 0 Å². The molecule has 68 valence electrons. The number of aromatic nitrogens is 1. The second-order valence-corrected chi connectivity index (χ2v) is 3.53. The van der Waals surface area contributed by atoms with Crippen LogP contribution >= 0.6 is 15.9 Å². The van der Waals surface area contributed by atoms with Crippen molar-refractivity contribution in [1.29, 1.82) is 0 Å². The third-order valence-corrected chi connectivity index (χ3v) is 2.59. The summed E-state index contributed by atoms with van der Waals surface area (Å²) in [5.74, 6) is 0. The first-order chi connectivity index (χ1) is 6.83. The first-order valence-electron chi connectivity index (χ1n) is 3.90. The van der Waals surface area contributed by atoms with Crippen molar-refractivity contribution in [2.24, 2.45) is 5.11 Å². The molecule has 0 amide bonds. The van der Waals surface area contributed by atoms with Crippen LogP contribution < -0.4 is 0 Å². The van der Waals surface area contributed by atoms with Gasteiger partial charge in [0, 0.05) is 32.9 Å². The van der Waals surface area contributed by atoms with Crippen LogP contribution in [-0.2, 0) is 0 Å². The molecular formula is C9H5BrN4. The fourth-order valence-electron chi connectivity index (χ4n) is 1.28. The van der Waals surface area contributed by atoms with Crippen molar-refractivity contribution in [3.63, 3.8) is 0 Å². The molecule has 1 aromatic carbocycles. The van der Waals surface area contributed by atoms with Gasteiger partial charge in [-0.25, -0.2) is 0 Å². The molecule has 4 nitrogen and oxygen atoms in total. The molecule has 0 unspecified atom stereocenters. The maximum absolute atomic E-state index is 8.38. The van der Waals surface area contributed by atoms with E-state index < -0.39 is 0 Å². The normalized spacial score (nSPS) is 9.79. The molecule has 0 N–H and O–H groups in total. The lowest BCUT2D eigenvalue weighted by Gasteiger charge is -2.01. The Balaban J connectivity index is 2.88. The van der Waals surface area contributed by atoms with Gasteiger partial charge < -0.3 is 0 Å². The lowest BCUT2D eigenvalue weighted by molar-refractivity contribution is 1.36. The molecule has 0 aliphatic heterocycles. The van der Waals surface area contributed by atoms with Gasteiger partial charge in [0.1, 0.15) is 0 Å². The molecule has 1 aromatic heterocycles. The summed E-state index contributed by atoms with van der Waals surface area (Å²) in [5, 5.41) is 5.45. The maximum atomic E-state index is 8.38. The molecule has 1 heterocycles. The van der Waals surface area contributed by atoms with Crippen LogP contribution in [0, 0.1) is 0 Å². The number of nitrogens with zero attached hydrogens (tertiary/aromatic N) is 4. The Morgan fingerprint density at radius 3 is 2.93 bits per heavy atom. The number of hydrogen-bond donors (Lipinski definition) is 0. The molecular weight excluding hydrogens is 244 g/mol. The van der Waals surface area contributed by atoms with Crippen molar-refractivity contribution in [2.75, 3.05) is 0 Å². The fraction of sp³-hybridized carbons (Fsp3) is 0. The maximum Gasteiger partial charge on any atom is 0.0455 e. The molecule has 2 aromatic rings. The number of pyridine rings is 1. The Morgan fingerprint density at radius 1 is 1.29 bits per heavy atom. The van der Waals surface area contributed by atoms with Crippen LogP contribution in [0.15, 0.2) is 40.2 Å². The highest BCUT2D eigenvalue weighted by atomic mass is 79.9. The average Bonchev–Trinajstić information content (AvgIpc) is 2.23. The molecule has 0 fully saturated rings. The van der Waals surface area contributed by atoms with Crippen molar-refractivity contribution in [1.82, 2.24) is 4.98 Å². The summed E-state index contributed by atoms with van der Waals surface area (Å²) < 4.78 is 0.942. The number of rotatable bonds is 1. The van der Waals surface area contributed by atoms with E-state index in [2.05, 4.69) is 30.9 Å². The van der Waals surface area contributed by atoms with Crippen molar-refractivity contribution >= 4 is 32.4 Å². The zero-order chi connectivity index (χ0) is 9.97. The van der Waals surface area contributed by atoms with Gasteiger partial charge in [-0.1, -0.05) is 27.1 Å². The van der Waals surface area contributed by atoms with Gasteiger partial charge in [0.25, 0.3) is 0 Å². The van der Waals surface area contributed by atoms with Crippen LogP contribution in [0.1, 0.15) is 0 Å². The highest BCUT2D eigenvalue weighted by molar-refractivity contribution is 9.10. The monoisotopic (exact) mass is 248 g/mol. The smallest absolute Gasteiger partial charge is 0.0455 e. The first kappa shape index (κ1) is 8.99. The summed E-state index contributed by atoms with van der Waals surface area (Å²) in [7, 11) is 0. The minimum atomic E-state index is 0.619. The van der Waals surface area contributed by atoms with Crippen LogP contribution in [0.25, 0.3) is 21.2 Å².